The average molecular weight is 284 g/mol. The Bertz CT molecular complexity index is 669. The summed E-state index contributed by atoms with van der Waals surface area (Å²) in [5, 5.41) is 10.5. The molecule has 4 heteroatoms. The highest BCUT2D eigenvalue weighted by Gasteiger charge is 2.24. The summed E-state index contributed by atoms with van der Waals surface area (Å²) in [7, 11) is 0. The summed E-state index contributed by atoms with van der Waals surface area (Å²) in [6, 6.07) is 8.15. The van der Waals surface area contributed by atoms with E-state index in [0.717, 1.165) is 36.0 Å². The zero-order chi connectivity index (χ0) is 14.8. The standard InChI is InChI=1S/C17H20N2O2/c1-12-7-3-2-6-10-19(12)16-13-8-4-5-9-15(13)18-11-14(16)17(20)21/h4-5,8-9,11-12H,2-3,6-7,10H2,1H3,(H,20,21). The number of hydrogen-bond acceptors (Lipinski definition) is 3. The van der Waals surface area contributed by atoms with Crippen LogP contribution in [0.2, 0.25) is 0 Å². The van der Waals surface area contributed by atoms with Crippen LogP contribution in [0.25, 0.3) is 10.9 Å². The Hall–Kier alpha value is -2.10. The number of carbonyl (C=O) groups is 1. The van der Waals surface area contributed by atoms with Crippen LogP contribution in [0, 0.1) is 0 Å². The number of carboxylic acids is 1. The zero-order valence-corrected chi connectivity index (χ0v) is 12.2. The number of para-hydroxylation sites is 1. The highest BCUT2D eigenvalue weighted by atomic mass is 16.4. The minimum atomic E-state index is -0.903. The molecule has 1 fully saturated rings. The van der Waals surface area contributed by atoms with E-state index in [-0.39, 0.29) is 0 Å². The number of anilines is 1. The van der Waals surface area contributed by atoms with Gasteiger partial charge in [0.1, 0.15) is 5.56 Å². The lowest BCUT2D eigenvalue weighted by molar-refractivity contribution is 0.0697. The monoisotopic (exact) mass is 284 g/mol. The van der Waals surface area contributed by atoms with Gasteiger partial charge in [-0.3, -0.25) is 4.98 Å². The van der Waals surface area contributed by atoms with Gasteiger partial charge in [0, 0.05) is 24.2 Å². The minimum Gasteiger partial charge on any atom is -0.478 e. The molecule has 0 bridgehead atoms. The first kappa shape index (κ1) is 13.9. The molecular weight excluding hydrogens is 264 g/mol. The maximum Gasteiger partial charge on any atom is 0.339 e. The van der Waals surface area contributed by atoms with Gasteiger partial charge < -0.3 is 10.0 Å². The van der Waals surface area contributed by atoms with Crippen molar-refractivity contribution in [3.05, 3.63) is 36.0 Å². The van der Waals surface area contributed by atoms with E-state index in [9.17, 15) is 9.90 Å². The second kappa shape index (κ2) is 5.72. The Balaban J connectivity index is 2.22. The largest absolute Gasteiger partial charge is 0.478 e. The number of aromatic carboxylic acids is 1. The lowest BCUT2D eigenvalue weighted by atomic mass is 10.1. The van der Waals surface area contributed by atoms with Crippen molar-refractivity contribution in [1.82, 2.24) is 4.98 Å². The molecule has 0 saturated carbocycles. The van der Waals surface area contributed by atoms with Crippen molar-refractivity contribution < 1.29 is 9.90 Å². The number of rotatable bonds is 2. The molecule has 1 atom stereocenters. The molecule has 1 saturated heterocycles. The molecule has 0 aliphatic carbocycles. The molecule has 0 amide bonds. The van der Waals surface area contributed by atoms with E-state index in [2.05, 4.69) is 16.8 Å². The number of nitrogens with zero attached hydrogens (tertiary/aromatic N) is 2. The predicted octanol–water partition coefficient (Wildman–Crippen LogP) is 3.70. The van der Waals surface area contributed by atoms with Gasteiger partial charge in [-0.1, -0.05) is 31.0 Å². The first-order valence-electron chi connectivity index (χ1n) is 7.56. The molecule has 4 nitrogen and oxygen atoms in total. The molecule has 1 aliphatic heterocycles. The smallest absolute Gasteiger partial charge is 0.339 e. The van der Waals surface area contributed by atoms with Crippen LogP contribution in [-0.2, 0) is 0 Å². The number of carboxylic acid groups (broad SMARTS) is 1. The van der Waals surface area contributed by atoms with Gasteiger partial charge in [-0.25, -0.2) is 4.79 Å². The molecule has 1 unspecified atom stereocenters. The lowest BCUT2D eigenvalue weighted by Gasteiger charge is -2.31. The summed E-state index contributed by atoms with van der Waals surface area (Å²) >= 11 is 0. The molecule has 21 heavy (non-hydrogen) atoms. The molecule has 0 radical (unpaired) electrons. The van der Waals surface area contributed by atoms with Crippen molar-refractivity contribution in [2.75, 3.05) is 11.4 Å². The number of benzene rings is 1. The number of pyridine rings is 1. The Labute approximate surface area is 124 Å². The second-order valence-electron chi connectivity index (χ2n) is 5.73. The summed E-state index contributed by atoms with van der Waals surface area (Å²) in [6.45, 7) is 3.10. The molecule has 3 rings (SSSR count). The van der Waals surface area contributed by atoms with Gasteiger partial charge in [0.05, 0.1) is 11.2 Å². The van der Waals surface area contributed by atoms with Gasteiger partial charge in [0.15, 0.2) is 0 Å². The van der Waals surface area contributed by atoms with Crippen molar-refractivity contribution in [3.63, 3.8) is 0 Å². The van der Waals surface area contributed by atoms with Crippen LogP contribution in [0.4, 0.5) is 5.69 Å². The third kappa shape index (κ3) is 2.58. The van der Waals surface area contributed by atoms with E-state index < -0.39 is 5.97 Å². The molecule has 1 aliphatic rings. The lowest BCUT2D eigenvalue weighted by Crippen LogP contribution is -2.34. The number of fused-ring (bicyclic) bond motifs is 1. The minimum absolute atomic E-state index is 0.308. The quantitative estimate of drug-likeness (QED) is 0.913. The van der Waals surface area contributed by atoms with Crippen LogP contribution >= 0.6 is 0 Å². The first-order chi connectivity index (χ1) is 10.2. The van der Waals surface area contributed by atoms with Gasteiger partial charge in [-0.2, -0.15) is 0 Å². The third-order valence-corrected chi connectivity index (χ3v) is 4.32. The average Bonchev–Trinajstić information content (AvgIpc) is 2.70. The van der Waals surface area contributed by atoms with E-state index in [0.29, 0.717) is 11.6 Å². The van der Waals surface area contributed by atoms with E-state index in [1.54, 1.807) is 0 Å². The van der Waals surface area contributed by atoms with E-state index in [4.69, 9.17) is 0 Å². The summed E-state index contributed by atoms with van der Waals surface area (Å²) in [6.07, 6.45) is 6.14. The fourth-order valence-electron chi connectivity index (χ4n) is 3.20. The molecule has 1 aromatic carbocycles. The first-order valence-corrected chi connectivity index (χ1v) is 7.56. The molecule has 2 heterocycles. The highest BCUT2D eigenvalue weighted by Crippen LogP contribution is 2.33. The van der Waals surface area contributed by atoms with Crippen LogP contribution in [0.3, 0.4) is 0 Å². The Morgan fingerprint density at radius 3 is 2.90 bits per heavy atom. The molecule has 1 N–H and O–H groups in total. The van der Waals surface area contributed by atoms with Crippen molar-refractivity contribution in [3.8, 4) is 0 Å². The van der Waals surface area contributed by atoms with Crippen LogP contribution in [0.15, 0.2) is 30.5 Å². The topological polar surface area (TPSA) is 53.4 Å². The summed E-state index contributed by atoms with van der Waals surface area (Å²) < 4.78 is 0. The zero-order valence-electron chi connectivity index (χ0n) is 12.2. The second-order valence-corrected chi connectivity index (χ2v) is 5.73. The normalized spacial score (nSPS) is 19.5. The van der Waals surface area contributed by atoms with Crippen molar-refractivity contribution in [2.45, 2.75) is 38.6 Å². The van der Waals surface area contributed by atoms with Gasteiger partial charge in [0.25, 0.3) is 0 Å². The van der Waals surface area contributed by atoms with Crippen LogP contribution in [0.1, 0.15) is 43.0 Å². The molecule has 2 aromatic rings. The fraction of sp³-hybridized carbons (Fsp3) is 0.412. The van der Waals surface area contributed by atoms with Crippen LogP contribution < -0.4 is 4.90 Å². The summed E-state index contributed by atoms with van der Waals surface area (Å²) in [5.74, 6) is -0.903. The summed E-state index contributed by atoms with van der Waals surface area (Å²) in [4.78, 5) is 18.2. The van der Waals surface area contributed by atoms with Gasteiger partial charge in [0.2, 0.25) is 0 Å². The molecule has 0 spiro atoms. The van der Waals surface area contributed by atoms with Crippen molar-refractivity contribution >= 4 is 22.6 Å². The Morgan fingerprint density at radius 1 is 1.29 bits per heavy atom. The Morgan fingerprint density at radius 2 is 2.10 bits per heavy atom. The SMILES string of the molecule is CC1CCCCCN1c1c(C(=O)O)cnc2ccccc12. The van der Waals surface area contributed by atoms with E-state index in [1.807, 2.05) is 24.3 Å². The van der Waals surface area contributed by atoms with Gasteiger partial charge in [-0.15, -0.1) is 0 Å². The maximum absolute atomic E-state index is 11.6. The summed E-state index contributed by atoms with van der Waals surface area (Å²) in [5.41, 5.74) is 2.00. The van der Waals surface area contributed by atoms with Crippen LogP contribution in [-0.4, -0.2) is 28.6 Å². The fourth-order valence-corrected chi connectivity index (χ4v) is 3.20. The van der Waals surface area contributed by atoms with Crippen LogP contribution in [0.5, 0.6) is 0 Å². The maximum atomic E-state index is 11.6. The highest BCUT2D eigenvalue weighted by molar-refractivity contribution is 6.04. The molecular formula is C17H20N2O2. The molecule has 1 aromatic heterocycles. The predicted molar refractivity (Wildman–Crippen MR) is 84.0 cm³/mol. The third-order valence-electron chi connectivity index (χ3n) is 4.32. The Kier molecular flexibility index (Phi) is 3.78. The van der Waals surface area contributed by atoms with Crippen molar-refractivity contribution in [2.24, 2.45) is 0 Å². The van der Waals surface area contributed by atoms with Gasteiger partial charge >= 0.3 is 5.97 Å². The molecule has 110 valence electrons. The van der Waals surface area contributed by atoms with E-state index >= 15 is 0 Å². The number of hydrogen-bond donors (Lipinski definition) is 1. The van der Waals surface area contributed by atoms with Gasteiger partial charge in [-0.05, 0) is 25.8 Å². The van der Waals surface area contributed by atoms with Crippen molar-refractivity contribution in [1.29, 1.82) is 0 Å². The number of aromatic nitrogens is 1. The van der Waals surface area contributed by atoms with E-state index in [1.165, 1.54) is 19.0 Å².